The fourth-order valence-corrected chi connectivity index (χ4v) is 2.62. The molecule has 0 saturated carbocycles. The maximum Gasteiger partial charge on any atom is 0.244 e. The van der Waals surface area contributed by atoms with Crippen molar-refractivity contribution < 1.29 is 9.59 Å². The van der Waals surface area contributed by atoms with Crippen LogP contribution >= 0.6 is 15.9 Å². The van der Waals surface area contributed by atoms with Crippen molar-refractivity contribution in [1.82, 2.24) is 0 Å². The molecule has 0 radical (unpaired) electrons. The van der Waals surface area contributed by atoms with E-state index in [2.05, 4.69) is 21.2 Å². The van der Waals surface area contributed by atoms with Crippen molar-refractivity contribution in [3.05, 3.63) is 58.1 Å². The number of nitrogens with zero attached hydrogens (tertiary/aromatic N) is 1. The van der Waals surface area contributed by atoms with Crippen molar-refractivity contribution in [3.63, 3.8) is 0 Å². The van der Waals surface area contributed by atoms with E-state index in [0.29, 0.717) is 5.69 Å². The van der Waals surface area contributed by atoms with Crippen LogP contribution in [0.15, 0.2) is 46.9 Å². The summed E-state index contributed by atoms with van der Waals surface area (Å²) in [5.41, 5.74) is 3.51. The number of benzene rings is 2. The highest BCUT2D eigenvalue weighted by Crippen LogP contribution is 2.21. The number of hydrogen-bond donors (Lipinski definition) is 1. The van der Waals surface area contributed by atoms with Gasteiger partial charge in [0.15, 0.2) is 0 Å². The molecule has 0 aliphatic carbocycles. The number of nitrogens with one attached hydrogen (secondary N) is 1. The molecule has 1 N–H and O–H groups in total. The molecule has 2 aromatic rings. The van der Waals surface area contributed by atoms with Crippen LogP contribution in [0.25, 0.3) is 0 Å². The standard InChI is InChI=1S/C18H19BrN2O2/c1-12-7-8-13(2)17(9-12)20-18(23)11-21(14(3)22)16-6-4-5-15(19)10-16/h4-10H,11H2,1-3H3,(H,20,23). The molecule has 0 aliphatic heterocycles. The maximum atomic E-state index is 12.3. The normalized spacial score (nSPS) is 10.3. The molecule has 0 aliphatic rings. The highest BCUT2D eigenvalue weighted by molar-refractivity contribution is 9.10. The van der Waals surface area contributed by atoms with Crippen molar-refractivity contribution in [2.45, 2.75) is 20.8 Å². The Balaban J connectivity index is 2.15. The summed E-state index contributed by atoms with van der Waals surface area (Å²) in [6.45, 7) is 5.33. The summed E-state index contributed by atoms with van der Waals surface area (Å²) in [4.78, 5) is 25.7. The second-order valence-corrected chi connectivity index (χ2v) is 6.37. The predicted octanol–water partition coefficient (Wildman–Crippen LogP) is 4.06. The molecule has 0 atom stereocenters. The molecule has 0 spiro atoms. The highest BCUT2D eigenvalue weighted by Gasteiger charge is 2.16. The molecule has 5 heteroatoms. The number of anilines is 2. The van der Waals surface area contributed by atoms with E-state index in [1.807, 2.05) is 50.2 Å². The van der Waals surface area contributed by atoms with Gasteiger partial charge in [0.2, 0.25) is 11.8 Å². The van der Waals surface area contributed by atoms with Gasteiger partial charge in [-0.25, -0.2) is 0 Å². The summed E-state index contributed by atoms with van der Waals surface area (Å²) < 4.78 is 0.858. The summed E-state index contributed by atoms with van der Waals surface area (Å²) in [6, 6.07) is 13.2. The molecular weight excluding hydrogens is 356 g/mol. The van der Waals surface area contributed by atoms with Gasteiger partial charge in [0.1, 0.15) is 6.54 Å². The fraction of sp³-hybridized carbons (Fsp3) is 0.222. The van der Waals surface area contributed by atoms with E-state index in [-0.39, 0.29) is 18.4 Å². The summed E-state index contributed by atoms with van der Waals surface area (Å²) in [6.07, 6.45) is 0. The van der Waals surface area contributed by atoms with Crippen molar-refractivity contribution in [2.75, 3.05) is 16.8 Å². The van der Waals surface area contributed by atoms with E-state index in [1.165, 1.54) is 11.8 Å². The second kappa shape index (κ2) is 7.42. The van der Waals surface area contributed by atoms with Gasteiger partial charge >= 0.3 is 0 Å². The third kappa shape index (κ3) is 4.66. The van der Waals surface area contributed by atoms with E-state index in [4.69, 9.17) is 0 Å². The molecule has 2 amide bonds. The minimum absolute atomic E-state index is 0.0286. The topological polar surface area (TPSA) is 49.4 Å². The lowest BCUT2D eigenvalue weighted by atomic mass is 10.1. The molecular formula is C18H19BrN2O2. The smallest absolute Gasteiger partial charge is 0.244 e. The summed E-state index contributed by atoms with van der Waals surface area (Å²) in [7, 11) is 0. The van der Waals surface area contributed by atoms with Gasteiger partial charge in [-0.1, -0.05) is 34.1 Å². The van der Waals surface area contributed by atoms with E-state index >= 15 is 0 Å². The number of rotatable bonds is 4. The summed E-state index contributed by atoms with van der Waals surface area (Å²) in [5.74, 6) is -0.409. The lowest BCUT2D eigenvalue weighted by Crippen LogP contribution is -2.36. The largest absolute Gasteiger partial charge is 0.324 e. The minimum atomic E-state index is -0.228. The third-order valence-electron chi connectivity index (χ3n) is 3.47. The molecule has 0 heterocycles. The average molecular weight is 375 g/mol. The fourth-order valence-electron chi connectivity index (χ4n) is 2.23. The average Bonchev–Trinajstić information content (AvgIpc) is 2.48. The molecule has 0 saturated heterocycles. The molecule has 4 nitrogen and oxygen atoms in total. The molecule has 0 bridgehead atoms. The van der Waals surface area contributed by atoms with Gasteiger partial charge in [-0.3, -0.25) is 9.59 Å². The van der Waals surface area contributed by atoms with Crippen molar-refractivity contribution in [1.29, 1.82) is 0 Å². The first-order valence-electron chi connectivity index (χ1n) is 7.27. The Morgan fingerprint density at radius 3 is 2.52 bits per heavy atom. The van der Waals surface area contributed by atoms with Crippen LogP contribution in [0.2, 0.25) is 0 Å². The van der Waals surface area contributed by atoms with E-state index in [1.54, 1.807) is 6.07 Å². The van der Waals surface area contributed by atoms with Crippen LogP contribution in [0.3, 0.4) is 0 Å². The van der Waals surface area contributed by atoms with Crippen molar-refractivity contribution in [2.24, 2.45) is 0 Å². The minimum Gasteiger partial charge on any atom is -0.324 e. The number of carbonyl (C=O) groups is 2. The Kier molecular flexibility index (Phi) is 5.55. The number of halogens is 1. The van der Waals surface area contributed by atoms with Gasteiger partial charge in [0.25, 0.3) is 0 Å². The van der Waals surface area contributed by atoms with E-state index in [0.717, 1.165) is 21.3 Å². The number of aryl methyl sites for hydroxylation is 2. The zero-order valence-corrected chi connectivity index (χ0v) is 15.0. The van der Waals surface area contributed by atoms with Gasteiger partial charge in [0, 0.05) is 22.8 Å². The number of hydrogen-bond acceptors (Lipinski definition) is 2. The first-order valence-corrected chi connectivity index (χ1v) is 8.07. The quantitative estimate of drug-likeness (QED) is 0.876. The Morgan fingerprint density at radius 2 is 1.87 bits per heavy atom. The van der Waals surface area contributed by atoms with Gasteiger partial charge in [-0.05, 0) is 49.2 Å². The Bertz CT molecular complexity index is 744. The van der Waals surface area contributed by atoms with E-state index < -0.39 is 0 Å². The van der Waals surface area contributed by atoms with Crippen LogP contribution in [0.5, 0.6) is 0 Å². The van der Waals surface area contributed by atoms with Crippen LogP contribution in [0.4, 0.5) is 11.4 Å². The van der Waals surface area contributed by atoms with Gasteiger partial charge in [-0.2, -0.15) is 0 Å². The van der Waals surface area contributed by atoms with Crippen LogP contribution in [-0.2, 0) is 9.59 Å². The predicted molar refractivity (Wildman–Crippen MR) is 96.7 cm³/mol. The second-order valence-electron chi connectivity index (χ2n) is 5.45. The lowest BCUT2D eigenvalue weighted by molar-refractivity contribution is -0.120. The van der Waals surface area contributed by atoms with Crippen LogP contribution in [-0.4, -0.2) is 18.4 Å². The number of carbonyl (C=O) groups excluding carboxylic acids is 2. The van der Waals surface area contributed by atoms with Crippen LogP contribution in [0.1, 0.15) is 18.1 Å². The summed E-state index contributed by atoms with van der Waals surface area (Å²) >= 11 is 3.38. The number of amides is 2. The van der Waals surface area contributed by atoms with Gasteiger partial charge in [-0.15, -0.1) is 0 Å². The molecule has 23 heavy (non-hydrogen) atoms. The Labute approximate surface area is 144 Å². The molecule has 0 fully saturated rings. The molecule has 0 unspecified atom stereocenters. The first-order chi connectivity index (χ1) is 10.9. The van der Waals surface area contributed by atoms with Crippen LogP contribution < -0.4 is 10.2 Å². The van der Waals surface area contributed by atoms with Crippen molar-refractivity contribution >= 4 is 39.1 Å². The SMILES string of the molecule is CC(=O)N(CC(=O)Nc1cc(C)ccc1C)c1cccc(Br)c1. The molecule has 0 aromatic heterocycles. The molecule has 2 rings (SSSR count). The summed E-state index contributed by atoms with van der Waals surface area (Å²) in [5, 5.41) is 2.88. The molecule has 120 valence electrons. The van der Waals surface area contributed by atoms with E-state index in [9.17, 15) is 9.59 Å². The van der Waals surface area contributed by atoms with Gasteiger partial charge in [0.05, 0.1) is 0 Å². The maximum absolute atomic E-state index is 12.3. The Morgan fingerprint density at radius 1 is 1.13 bits per heavy atom. The van der Waals surface area contributed by atoms with Crippen molar-refractivity contribution in [3.8, 4) is 0 Å². The zero-order valence-electron chi connectivity index (χ0n) is 13.4. The monoisotopic (exact) mass is 374 g/mol. The third-order valence-corrected chi connectivity index (χ3v) is 3.96. The highest BCUT2D eigenvalue weighted by atomic mass is 79.9. The lowest BCUT2D eigenvalue weighted by Gasteiger charge is -2.21. The zero-order chi connectivity index (χ0) is 17.0. The van der Waals surface area contributed by atoms with Crippen LogP contribution in [0, 0.1) is 13.8 Å². The van der Waals surface area contributed by atoms with Gasteiger partial charge < -0.3 is 10.2 Å². The first kappa shape index (κ1) is 17.2. The molecule has 2 aromatic carbocycles. The Hall–Kier alpha value is -2.14.